The summed E-state index contributed by atoms with van der Waals surface area (Å²) < 4.78 is 6.96. The first-order chi connectivity index (χ1) is 12.4. The number of nitrogens with two attached hydrogens (primary N) is 1. The number of nitrogens with one attached hydrogen (secondary N) is 1. The number of aliphatic hydroxyl groups excluding tert-OH is 3. The number of anilines is 1. The fourth-order valence-electron chi connectivity index (χ4n) is 3.26. The minimum absolute atomic E-state index is 0.00921. The van der Waals surface area contributed by atoms with E-state index in [4.69, 9.17) is 10.5 Å². The highest BCUT2D eigenvalue weighted by Crippen LogP contribution is 2.39. The van der Waals surface area contributed by atoms with Crippen LogP contribution in [0.5, 0.6) is 0 Å². The third-order valence-corrected chi connectivity index (χ3v) is 5.39. The van der Waals surface area contributed by atoms with Crippen LogP contribution in [-0.2, 0) is 16.9 Å². The third kappa shape index (κ3) is 2.69. The second-order valence-electron chi connectivity index (χ2n) is 6.27. The summed E-state index contributed by atoms with van der Waals surface area (Å²) in [6.07, 6.45) is -2.89. The number of rotatable bonds is 4. The molecule has 2 aromatic rings. The molecule has 11 heteroatoms. The molecule has 0 aliphatic carbocycles. The zero-order valence-electron chi connectivity index (χ0n) is 13.6. The Labute approximate surface area is 152 Å². The van der Waals surface area contributed by atoms with E-state index >= 15 is 0 Å². The van der Waals surface area contributed by atoms with Crippen LogP contribution in [0, 0.1) is 0 Å². The number of guanidine groups is 1. The van der Waals surface area contributed by atoms with Gasteiger partial charge in [-0.3, -0.25) is 4.57 Å². The molecular formula is C15H19N5O5S. The summed E-state index contributed by atoms with van der Waals surface area (Å²) in [6.45, 7) is -0.440. The third-order valence-electron chi connectivity index (χ3n) is 4.52. The minimum Gasteiger partial charge on any atom is -0.394 e. The van der Waals surface area contributed by atoms with Crippen molar-refractivity contribution >= 4 is 23.1 Å². The van der Waals surface area contributed by atoms with E-state index in [1.165, 1.54) is 22.2 Å². The highest BCUT2D eigenvalue weighted by Gasteiger charge is 2.46. The number of aromatic nitrogens is 2. The first-order valence-corrected chi connectivity index (χ1v) is 8.88. The number of hydrogen-bond acceptors (Lipinski definition) is 10. The summed E-state index contributed by atoms with van der Waals surface area (Å²) >= 11 is 1.48. The lowest BCUT2D eigenvalue weighted by atomic mass is 10.0. The summed E-state index contributed by atoms with van der Waals surface area (Å²) in [6, 6.07) is 3.75. The van der Waals surface area contributed by atoms with Crippen molar-refractivity contribution in [1.82, 2.24) is 9.55 Å². The number of aliphatic imine (C=N–C) groups is 1. The van der Waals surface area contributed by atoms with Crippen LogP contribution >= 0.6 is 11.3 Å². The molecule has 0 bridgehead atoms. The Morgan fingerprint density at radius 3 is 2.85 bits per heavy atom. The van der Waals surface area contributed by atoms with Crippen LogP contribution in [0.25, 0.3) is 0 Å². The Bertz CT molecular complexity index is 825. The first kappa shape index (κ1) is 17.4. The van der Waals surface area contributed by atoms with Gasteiger partial charge in [-0.1, -0.05) is 6.07 Å². The van der Waals surface area contributed by atoms with E-state index in [1.807, 2.05) is 17.5 Å². The van der Waals surface area contributed by atoms with Crippen LogP contribution in [0.1, 0.15) is 16.8 Å². The predicted molar refractivity (Wildman–Crippen MR) is 92.4 cm³/mol. The van der Waals surface area contributed by atoms with Crippen molar-refractivity contribution in [2.24, 2.45) is 10.7 Å². The molecule has 5 atom stereocenters. The van der Waals surface area contributed by atoms with E-state index in [2.05, 4.69) is 15.3 Å². The topological polar surface area (TPSA) is 158 Å². The average Bonchev–Trinajstić information content (AvgIpc) is 3.29. The molecule has 26 heavy (non-hydrogen) atoms. The van der Waals surface area contributed by atoms with E-state index in [0.29, 0.717) is 5.82 Å². The van der Waals surface area contributed by atoms with Crippen LogP contribution in [0.3, 0.4) is 0 Å². The average molecular weight is 381 g/mol. The van der Waals surface area contributed by atoms with Gasteiger partial charge in [0.05, 0.1) is 12.9 Å². The second-order valence-corrected chi connectivity index (χ2v) is 7.30. The van der Waals surface area contributed by atoms with Crippen LogP contribution < -0.4 is 11.1 Å². The van der Waals surface area contributed by atoms with Gasteiger partial charge in [-0.05, 0) is 11.4 Å². The molecule has 2 aromatic heterocycles. The summed E-state index contributed by atoms with van der Waals surface area (Å²) in [5, 5.41) is 45.3. The predicted octanol–water partition coefficient (Wildman–Crippen LogP) is -1.32. The smallest absolute Gasteiger partial charge is 0.211 e. The molecule has 4 rings (SSSR count). The van der Waals surface area contributed by atoms with Crippen molar-refractivity contribution in [1.29, 1.82) is 0 Å². The summed E-state index contributed by atoms with van der Waals surface area (Å²) in [5.41, 5.74) is 4.41. The van der Waals surface area contributed by atoms with Gasteiger partial charge in [0.25, 0.3) is 0 Å². The zero-order valence-corrected chi connectivity index (χ0v) is 14.4. The Balaban J connectivity index is 1.71. The Morgan fingerprint density at radius 2 is 2.19 bits per heavy atom. The van der Waals surface area contributed by atoms with Crippen LogP contribution in [0.15, 0.2) is 28.8 Å². The number of aliphatic hydroxyl groups is 4. The Morgan fingerprint density at radius 1 is 1.38 bits per heavy atom. The number of fused-ring (bicyclic) bond motifs is 1. The van der Waals surface area contributed by atoms with E-state index < -0.39 is 36.9 Å². The van der Waals surface area contributed by atoms with Gasteiger partial charge < -0.3 is 36.2 Å². The van der Waals surface area contributed by atoms with Gasteiger partial charge in [-0.2, -0.15) is 0 Å². The standard InChI is InChI=1S/C15H19N5O5S/c16-14-18-12-11(15(24,19-14)4-7-2-1-3-26-7)17-6-20(12)13-10(23)9(22)8(5-21)25-13/h1-3,6,8-10,13,21-24H,4-5H2,(H3,16,18,19)/t8-,9-,10-,13-,15?/m1/s1. The van der Waals surface area contributed by atoms with E-state index in [-0.39, 0.29) is 18.1 Å². The van der Waals surface area contributed by atoms with Crippen molar-refractivity contribution < 1.29 is 25.2 Å². The van der Waals surface area contributed by atoms with Crippen molar-refractivity contribution in [2.75, 3.05) is 11.9 Å². The Hall–Kier alpha value is -2.02. The molecular weight excluding hydrogens is 362 g/mol. The molecule has 2 aliphatic heterocycles. The molecule has 0 spiro atoms. The van der Waals surface area contributed by atoms with Gasteiger partial charge in [0, 0.05) is 11.3 Å². The molecule has 0 saturated carbocycles. The molecule has 0 amide bonds. The molecule has 1 unspecified atom stereocenters. The van der Waals surface area contributed by atoms with Crippen LogP contribution in [-0.4, -0.2) is 60.9 Å². The molecule has 2 aliphatic rings. The number of nitrogens with zero attached hydrogens (tertiary/aromatic N) is 3. The van der Waals surface area contributed by atoms with Crippen molar-refractivity contribution in [2.45, 2.75) is 36.7 Å². The number of ether oxygens (including phenoxy) is 1. The molecule has 0 aromatic carbocycles. The van der Waals surface area contributed by atoms with Crippen molar-refractivity contribution in [3.05, 3.63) is 34.4 Å². The van der Waals surface area contributed by atoms with Gasteiger partial charge in [0.2, 0.25) is 5.72 Å². The van der Waals surface area contributed by atoms with E-state index in [9.17, 15) is 20.4 Å². The van der Waals surface area contributed by atoms with Crippen molar-refractivity contribution in [3.8, 4) is 0 Å². The fourth-order valence-corrected chi connectivity index (χ4v) is 4.04. The molecule has 10 nitrogen and oxygen atoms in total. The molecule has 1 saturated heterocycles. The molecule has 1 fully saturated rings. The monoisotopic (exact) mass is 381 g/mol. The molecule has 7 N–H and O–H groups in total. The largest absolute Gasteiger partial charge is 0.394 e. The number of thiophene rings is 1. The van der Waals surface area contributed by atoms with Crippen molar-refractivity contribution in [3.63, 3.8) is 0 Å². The number of hydrogen-bond donors (Lipinski definition) is 6. The Kier molecular flexibility index (Phi) is 4.22. The SMILES string of the molecule is NC1=NC(O)(Cc2cccs2)c2ncn([C@@H]3O[C@H](CO)[C@@H](O)[C@H]3O)c2N1. The summed E-state index contributed by atoms with van der Waals surface area (Å²) in [7, 11) is 0. The van der Waals surface area contributed by atoms with Crippen LogP contribution in [0.2, 0.25) is 0 Å². The summed E-state index contributed by atoms with van der Waals surface area (Å²) in [4.78, 5) is 9.25. The second kappa shape index (κ2) is 6.30. The van der Waals surface area contributed by atoms with Crippen LogP contribution in [0.4, 0.5) is 5.82 Å². The van der Waals surface area contributed by atoms with Gasteiger partial charge in [-0.15, -0.1) is 11.3 Å². The van der Waals surface area contributed by atoms with Gasteiger partial charge in [0.15, 0.2) is 12.2 Å². The minimum atomic E-state index is -1.67. The molecule has 0 radical (unpaired) electrons. The fraction of sp³-hybridized carbons (Fsp3) is 0.467. The highest BCUT2D eigenvalue weighted by molar-refractivity contribution is 7.09. The van der Waals surface area contributed by atoms with Gasteiger partial charge in [0.1, 0.15) is 29.8 Å². The maximum Gasteiger partial charge on any atom is 0.211 e. The first-order valence-electron chi connectivity index (χ1n) is 8.00. The zero-order chi connectivity index (χ0) is 18.5. The quantitative estimate of drug-likeness (QED) is 0.381. The maximum atomic E-state index is 11.1. The summed E-state index contributed by atoms with van der Waals surface area (Å²) in [5.74, 6) is 0.302. The lowest BCUT2D eigenvalue weighted by molar-refractivity contribution is -0.0520. The normalized spacial score (nSPS) is 33.6. The highest BCUT2D eigenvalue weighted by atomic mass is 32.1. The van der Waals surface area contributed by atoms with E-state index in [1.54, 1.807) is 0 Å². The van der Waals surface area contributed by atoms with Gasteiger partial charge in [-0.25, -0.2) is 9.98 Å². The van der Waals surface area contributed by atoms with E-state index in [0.717, 1.165) is 4.88 Å². The number of imidazole rings is 1. The van der Waals surface area contributed by atoms with Gasteiger partial charge >= 0.3 is 0 Å². The maximum absolute atomic E-state index is 11.1. The lowest BCUT2D eigenvalue weighted by Gasteiger charge is -2.29. The molecule has 140 valence electrons. The molecule has 4 heterocycles. The lowest BCUT2D eigenvalue weighted by Crippen LogP contribution is -2.40.